The lowest BCUT2D eigenvalue weighted by atomic mass is 10.1. The Morgan fingerprint density at radius 3 is 2.06 bits per heavy atom. The highest BCUT2D eigenvalue weighted by molar-refractivity contribution is 6.07. The number of carbonyl (C=O) groups is 2. The number of carbonyl (C=O) groups excluding carboxylic acids is 2. The number of alkyl halides is 3. The molecule has 0 unspecified atom stereocenters. The predicted molar refractivity (Wildman–Crippen MR) is 118 cm³/mol. The van der Waals surface area contributed by atoms with Crippen LogP contribution in [0.5, 0.6) is 0 Å². The van der Waals surface area contributed by atoms with Crippen LogP contribution in [0, 0.1) is 6.92 Å². The normalized spacial score (nSPS) is 11.2. The van der Waals surface area contributed by atoms with Gasteiger partial charge in [-0.05, 0) is 67.6 Å². The standard InChI is InChI=1S/C24H17F3N4O3/c1-14-28-23(34-31-14)16-10-8-15(9-11-16)21(32)29-19-6-2-4-17(12-19)22(33)30-20-7-3-5-18(13-20)24(25,26)27/h2-13H,1H3,(H,29,32)(H,30,33). The molecule has 172 valence electrons. The van der Waals surface area contributed by atoms with Crippen LogP contribution in [0.2, 0.25) is 0 Å². The first-order valence-electron chi connectivity index (χ1n) is 10.00. The maximum absolute atomic E-state index is 12.9. The molecule has 0 saturated heterocycles. The van der Waals surface area contributed by atoms with E-state index in [9.17, 15) is 22.8 Å². The van der Waals surface area contributed by atoms with Crippen molar-refractivity contribution in [3.63, 3.8) is 0 Å². The molecule has 0 spiro atoms. The van der Waals surface area contributed by atoms with Crippen molar-refractivity contribution in [1.29, 1.82) is 0 Å². The highest BCUT2D eigenvalue weighted by Gasteiger charge is 2.30. The highest BCUT2D eigenvalue weighted by atomic mass is 19.4. The Morgan fingerprint density at radius 2 is 1.44 bits per heavy atom. The van der Waals surface area contributed by atoms with E-state index in [0.717, 1.165) is 12.1 Å². The quantitative estimate of drug-likeness (QED) is 0.401. The van der Waals surface area contributed by atoms with Crippen LogP contribution in [0.1, 0.15) is 32.1 Å². The van der Waals surface area contributed by atoms with Gasteiger partial charge < -0.3 is 15.2 Å². The molecule has 0 bridgehead atoms. The van der Waals surface area contributed by atoms with Crippen molar-refractivity contribution in [3.05, 3.63) is 95.3 Å². The molecular formula is C24H17F3N4O3. The largest absolute Gasteiger partial charge is 0.416 e. The number of amides is 2. The van der Waals surface area contributed by atoms with E-state index in [-0.39, 0.29) is 11.3 Å². The Morgan fingerprint density at radius 1 is 0.824 bits per heavy atom. The fraction of sp³-hybridized carbons (Fsp3) is 0.0833. The van der Waals surface area contributed by atoms with Crippen LogP contribution < -0.4 is 10.6 Å². The van der Waals surface area contributed by atoms with Gasteiger partial charge in [0.05, 0.1) is 5.56 Å². The molecule has 2 N–H and O–H groups in total. The van der Waals surface area contributed by atoms with E-state index >= 15 is 0 Å². The molecule has 2 amide bonds. The lowest BCUT2D eigenvalue weighted by Crippen LogP contribution is -2.15. The zero-order valence-corrected chi connectivity index (χ0v) is 17.7. The summed E-state index contributed by atoms with van der Waals surface area (Å²) < 4.78 is 43.8. The molecule has 0 fully saturated rings. The molecule has 0 aliphatic heterocycles. The maximum atomic E-state index is 12.9. The summed E-state index contributed by atoms with van der Waals surface area (Å²) in [5, 5.41) is 8.85. The van der Waals surface area contributed by atoms with Crippen molar-refractivity contribution >= 4 is 23.2 Å². The fourth-order valence-corrected chi connectivity index (χ4v) is 3.10. The second kappa shape index (κ2) is 9.18. The summed E-state index contributed by atoms with van der Waals surface area (Å²) >= 11 is 0. The zero-order chi connectivity index (χ0) is 24.3. The molecule has 4 rings (SSSR count). The number of halogens is 3. The zero-order valence-electron chi connectivity index (χ0n) is 17.7. The van der Waals surface area contributed by atoms with Crippen LogP contribution in [0.25, 0.3) is 11.5 Å². The van der Waals surface area contributed by atoms with E-state index in [4.69, 9.17) is 4.52 Å². The van der Waals surface area contributed by atoms with Crippen LogP contribution in [0.15, 0.2) is 77.3 Å². The summed E-state index contributed by atoms with van der Waals surface area (Å²) in [5.41, 5.74) is 0.664. The SMILES string of the molecule is Cc1noc(-c2ccc(C(=O)Nc3cccc(C(=O)Nc4cccc(C(F)(F)F)c4)c3)cc2)n1. The first kappa shape index (κ1) is 22.7. The minimum atomic E-state index is -4.52. The van der Waals surface area contributed by atoms with Crippen molar-refractivity contribution < 1.29 is 27.3 Å². The molecule has 4 aromatic rings. The van der Waals surface area contributed by atoms with Crippen molar-refractivity contribution in [2.75, 3.05) is 10.6 Å². The first-order valence-corrected chi connectivity index (χ1v) is 10.00. The van der Waals surface area contributed by atoms with Gasteiger partial charge in [-0.15, -0.1) is 0 Å². The summed E-state index contributed by atoms with van der Waals surface area (Å²) in [7, 11) is 0. The number of nitrogens with zero attached hydrogens (tertiary/aromatic N) is 2. The second-order valence-electron chi connectivity index (χ2n) is 7.29. The topological polar surface area (TPSA) is 97.1 Å². The number of hydrogen-bond acceptors (Lipinski definition) is 5. The molecule has 10 heteroatoms. The number of hydrogen-bond donors (Lipinski definition) is 2. The lowest BCUT2D eigenvalue weighted by Gasteiger charge is -2.11. The van der Waals surface area contributed by atoms with Gasteiger partial charge in [-0.2, -0.15) is 18.2 Å². The summed E-state index contributed by atoms with van der Waals surface area (Å²) in [5.74, 6) is -0.198. The number of benzene rings is 3. The summed E-state index contributed by atoms with van der Waals surface area (Å²) in [4.78, 5) is 29.3. The number of aromatic nitrogens is 2. The van der Waals surface area contributed by atoms with Crippen molar-refractivity contribution in [3.8, 4) is 11.5 Å². The highest BCUT2D eigenvalue weighted by Crippen LogP contribution is 2.30. The molecule has 1 heterocycles. The average Bonchev–Trinajstić information content (AvgIpc) is 3.25. The van der Waals surface area contributed by atoms with Crippen LogP contribution >= 0.6 is 0 Å². The van der Waals surface area contributed by atoms with Crippen LogP contribution in [-0.4, -0.2) is 22.0 Å². The van der Waals surface area contributed by atoms with Gasteiger partial charge in [0.2, 0.25) is 0 Å². The second-order valence-corrected chi connectivity index (χ2v) is 7.29. The van der Waals surface area contributed by atoms with E-state index in [1.807, 2.05) is 0 Å². The Hall–Kier alpha value is -4.47. The van der Waals surface area contributed by atoms with Crippen LogP contribution in [0.4, 0.5) is 24.5 Å². The number of anilines is 2. The van der Waals surface area contributed by atoms with Gasteiger partial charge >= 0.3 is 6.18 Å². The fourth-order valence-electron chi connectivity index (χ4n) is 3.10. The average molecular weight is 466 g/mol. The minimum Gasteiger partial charge on any atom is -0.334 e. The van der Waals surface area contributed by atoms with E-state index in [2.05, 4.69) is 20.8 Å². The van der Waals surface area contributed by atoms with Crippen LogP contribution in [0.3, 0.4) is 0 Å². The third kappa shape index (κ3) is 5.29. The number of rotatable bonds is 5. The van der Waals surface area contributed by atoms with Gasteiger partial charge in [0, 0.05) is 28.1 Å². The molecule has 3 aromatic carbocycles. The summed E-state index contributed by atoms with van der Waals surface area (Å²) in [6, 6.07) is 16.9. The molecule has 34 heavy (non-hydrogen) atoms. The van der Waals surface area contributed by atoms with Gasteiger partial charge in [0.1, 0.15) is 0 Å². The summed E-state index contributed by atoms with van der Waals surface area (Å²) in [6.45, 7) is 1.70. The number of aryl methyl sites for hydroxylation is 1. The van der Waals surface area contributed by atoms with E-state index < -0.39 is 23.6 Å². The Bertz CT molecular complexity index is 1350. The summed E-state index contributed by atoms with van der Waals surface area (Å²) in [6.07, 6.45) is -4.52. The Labute approximate surface area is 191 Å². The van der Waals surface area contributed by atoms with Crippen molar-refractivity contribution in [2.24, 2.45) is 0 Å². The van der Waals surface area contributed by atoms with E-state index in [0.29, 0.717) is 28.5 Å². The minimum absolute atomic E-state index is 0.00536. The smallest absolute Gasteiger partial charge is 0.334 e. The molecule has 0 aliphatic carbocycles. The number of nitrogens with one attached hydrogen (secondary N) is 2. The van der Waals surface area contributed by atoms with Crippen LogP contribution in [-0.2, 0) is 6.18 Å². The molecule has 0 atom stereocenters. The Kier molecular flexibility index (Phi) is 6.13. The third-order valence-electron chi connectivity index (χ3n) is 4.75. The molecule has 0 aliphatic rings. The van der Waals surface area contributed by atoms with E-state index in [1.165, 1.54) is 24.3 Å². The van der Waals surface area contributed by atoms with E-state index in [1.54, 1.807) is 43.3 Å². The molecule has 1 aromatic heterocycles. The predicted octanol–water partition coefficient (Wildman–Crippen LogP) is 5.57. The molecule has 0 radical (unpaired) electrons. The van der Waals surface area contributed by atoms with Gasteiger partial charge in [-0.25, -0.2) is 0 Å². The Balaban J connectivity index is 1.44. The molecular weight excluding hydrogens is 449 g/mol. The van der Waals surface area contributed by atoms with Gasteiger partial charge in [-0.3, -0.25) is 9.59 Å². The third-order valence-corrected chi connectivity index (χ3v) is 4.75. The van der Waals surface area contributed by atoms with Gasteiger partial charge in [-0.1, -0.05) is 17.3 Å². The van der Waals surface area contributed by atoms with Gasteiger partial charge in [0.25, 0.3) is 17.7 Å². The van der Waals surface area contributed by atoms with Crippen molar-refractivity contribution in [1.82, 2.24) is 10.1 Å². The molecule has 0 saturated carbocycles. The first-order chi connectivity index (χ1) is 16.2. The lowest BCUT2D eigenvalue weighted by molar-refractivity contribution is -0.137. The monoisotopic (exact) mass is 466 g/mol. The maximum Gasteiger partial charge on any atom is 0.416 e. The van der Waals surface area contributed by atoms with Gasteiger partial charge in [0.15, 0.2) is 5.82 Å². The molecule has 7 nitrogen and oxygen atoms in total. The van der Waals surface area contributed by atoms with Crippen molar-refractivity contribution in [2.45, 2.75) is 13.1 Å².